The van der Waals surface area contributed by atoms with Crippen molar-refractivity contribution in [2.45, 2.75) is 12.8 Å². The van der Waals surface area contributed by atoms with Crippen LogP contribution in [0.2, 0.25) is 0 Å². The van der Waals surface area contributed by atoms with Gasteiger partial charge in [0.1, 0.15) is 19.0 Å². The van der Waals surface area contributed by atoms with Crippen LogP contribution in [0.5, 0.6) is 5.75 Å². The minimum atomic E-state index is -0.0853. The van der Waals surface area contributed by atoms with Gasteiger partial charge in [-0.25, -0.2) is 0 Å². The largest absolute Gasteiger partial charge is 0.490 e. The molecule has 1 saturated carbocycles. The van der Waals surface area contributed by atoms with Crippen molar-refractivity contribution in [1.29, 1.82) is 0 Å². The van der Waals surface area contributed by atoms with E-state index in [2.05, 4.69) is 15.9 Å². The van der Waals surface area contributed by atoms with Crippen molar-refractivity contribution in [3.05, 3.63) is 28.7 Å². The predicted molar refractivity (Wildman–Crippen MR) is 63.3 cm³/mol. The number of carbonyl (C=O) groups excluding carboxylic acids is 1. The zero-order valence-electron chi connectivity index (χ0n) is 8.82. The van der Waals surface area contributed by atoms with Crippen molar-refractivity contribution in [3.63, 3.8) is 0 Å². The standard InChI is InChI=1S/C12H13BrO3/c13-10-2-1-3-11(8-10)15-6-7-16-12(14)9-4-5-9/h1-3,8-9H,4-7H2. The first-order valence-corrected chi connectivity index (χ1v) is 6.10. The van der Waals surface area contributed by atoms with Crippen LogP contribution in [-0.2, 0) is 9.53 Å². The summed E-state index contributed by atoms with van der Waals surface area (Å²) >= 11 is 3.36. The lowest BCUT2D eigenvalue weighted by molar-refractivity contribution is -0.145. The average molecular weight is 285 g/mol. The van der Waals surface area contributed by atoms with Gasteiger partial charge in [0, 0.05) is 4.47 Å². The molecule has 86 valence electrons. The van der Waals surface area contributed by atoms with Gasteiger partial charge in [-0.15, -0.1) is 0 Å². The first-order valence-electron chi connectivity index (χ1n) is 5.31. The van der Waals surface area contributed by atoms with Gasteiger partial charge in [-0.3, -0.25) is 4.79 Å². The third kappa shape index (κ3) is 3.52. The molecule has 0 aromatic heterocycles. The van der Waals surface area contributed by atoms with E-state index in [9.17, 15) is 4.79 Å². The van der Waals surface area contributed by atoms with Crippen LogP contribution in [0.1, 0.15) is 12.8 Å². The lowest BCUT2D eigenvalue weighted by Gasteiger charge is -2.07. The second kappa shape index (κ2) is 5.34. The van der Waals surface area contributed by atoms with Gasteiger partial charge in [0.05, 0.1) is 5.92 Å². The molecule has 0 heterocycles. The van der Waals surface area contributed by atoms with Crippen LogP contribution in [0.25, 0.3) is 0 Å². The molecule has 0 radical (unpaired) electrons. The topological polar surface area (TPSA) is 35.5 Å². The van der Waals surface area contributed by atoms with Crippen LogP contribution in [-0.4, -0.2) is 19.2 Å². The Hall–Kier alpha value is -1.03. The molecule has 0 atom stereocenters. The molecule has 0 bridgehead atoms. The van der Waals surface area contributed by atoms with Gasteiger partial charge in [-0.05, 0) is 31.0 Å². The number of rotatable bonds is 5. The Morgan fingerprint density at radius 2 is 2.19 bits per heavy atom. The Labute approximate surface area is 103 Å². The number of hydrogen-bond acceptors (Lipinski definition) is 3. The van der Waals surface area contributed by atoms with E-state index >= 15 is 0 Å². The molecule has 3 nitrogen and oxygen atoms in total. The van der Waals surface area contributed by atoms with Gasteiger partial charge < -0.3 is 9.47 Å². The molecule has 16 heavy (non-hydrogen) atoms. The number of carbonyl (C=O) groups is 1. The maximum Gasteiger partial charge on any atom is 0.309 e. The van der Waals surface area contributed by atoms with Gasteiger partial charge in [0.25, 0.3) is 0 Å². The highest BCUT2D eigenvalue weighted by atomic mass is 79.9. The molecular weight excluding hydrogens is 272 g/mol. The van der Waals surface area contributed by atoms with Crippen molar-refractivity contribution in [2.24, 2.45) is 5.92 Å². The summed E-state index contributed by atoms with van der Waals surface area (Å²) in [6.07, 6.45) is 1.96. The lowest BCUT2D eigenvalue weighted by Crippen LogP contribution is -2.13. The Balaban J connectivity index is 1.65. The molecule has 1 aliphatic carbocycles. The van der Waals surface area contributed by atoms with E-state index < -0.39 is 0 Å². The summed E-state index contributed by atoms with van der Waals surface area (Å²) in [4.78, 5) is 11.2. The van der Waals surface area contributed by atoms with Crippen LogP contribution in [0, 0.1) is 5.92 Å². The highest BCUT2D eigenvalue weighted by molar-refractivity contribution is 9.10. The lowest BCUT2D eigenvalue weighted by atomic mass is 10.3. The Bertz CT molecular complexity index is 374. The fraction of sp³-hybridized carbons (Fsp3) is 0.417. The molecule has 0 spiro atoms. The van der Waals surface area contributed by atoms with Crippen molar-refractivity contribution in [3.8, 4) is 5.75 Å². The summed E-state index contributed by atoms with van der Waals surface area (Å²) in [5, 5.41) is 0. The second-order valence-electron chi connectivity index (χ2n) is 3.75. The van der Waals surface area contributed by atoms with E-state index in [4.69, 9.17) is 9.47 Å². The minimum absolute atomic E-state index is 0.0853. The van der Waals surface area contributed by atoms with Gasteiger partial charge >= 0.3 is 5.97 Å². The van der Waals surface area contributed by atoms with Gasteiger partial charge in [-0.2, -0.15) is 0 Å². The first kappa shape index (κ1) is 11.5. The Morgan fingerprint density at radius 1 is 1.38 bits per heavy atom. The predicted octanol–water partition coefficient (Wildman–Crippen LogP) is 2.78. The Morgan fingerprint density at radius 3 is 2.88 bits per heavy atom. The second-order valence-corrected chi connectivity index (χ2v) is 4.66. The van der Waals surface area contributed by atoms with Crippen LogP contribution in [0.4, 0.5) is 0 Å². The van der Waals surface area contributed by atoms with E-state index in [0.29, 0.717) is 13.2 Å². The normalized spacial score (nSPS) is 14.6. The van der Waals surface area contributed by atoms with Gasteiger partial charge in [0.15, 0.2) is 0 Å². The number of ether oxygens (including phenoxy) is 2. The Kier molecular flexibility index (Phi) is 3.83. The van der Waals surface area contributed by atoms with E-state index in [-0.39, 0.29) is 11.9 Å². The summed E-state index contributed by atoms with van der Waals surface area (Å²) in [5.74, 6) is 0.848. The average Bonchev–Trinajstić information content (AvgIpc) is 3.08. The molecule has 0 amide bonds. The van der Waals surface area contributed by atoms with E-state index in [1.807, 2.05) is 24.3 Å². The minimum Gasteiger partial charge on any atom is -0.490 e. The van der Waals surface area contributed by atoms with E-state index in [0.717, 1.165) is 23.1 Å². The molecule has 1 aromatic carbocycles. The maximum absolute atomic E-state index is 11.2. The maximum atomic E-state index is 11.2. The highest BCUT2D eigenvalue weighted by Gasteiger charge is 2.30. The fourth-order valence-corrected chi connectivity index (χ4v) is 1.67. The summed E-state index contributed by atoms with van der Waals surface area (Å²) in [7, 11) is 0. The summed E-state index contributed by atoms with van der Waals surface area (Å²) in [5.41, 5.74) is 0. The molecule has 0 N–H and O–H groups in total. The van der Waals surface area contributed by atoms with Crippen LogP contribution < -0.4 is 4.74 Å². The molecule has 4 heteroatoms. The van der Waals surface area contributed by atoms with Crippen LogP contribution in [0.15, 0.2) is 28.7 Å². The summed E-state index contributed by atoms with van der Waals surface area (Å²) < 4.78 is 11.4. The molecule has 0 unspecified atom stereocenters. The number of halogens is 1. The third-order valence-corrected chi connectivity index (χ3v) is 2.80. The van der Waals surface area contributed by atoms with E-state index in [1.54, 1.807) is 0 Å². The highest BCUT2D eigenvalue weighted by Crippen LogP contribution is 2.29. The quantitative estimate of drug-likeness (QED) is 0.616. The number of esters is 1. The SMILES string of the molecule is O=C(OCCOc1cccc(Br)c1)C1CC1. The zero-order valence-corrected chi connectivity index (χ0v) is 10.4. The summed E-state index contributed by atoms with van der Waals surface area (Å²) in [6.45, 7) is 0.719. The van der Waals surface area contributed by atoms with Gasteiger partial charge in [-0.1, -0.05) is 22.0 Å². The molecule has 0 saturated heterocycles. The summed E-state index contributed by atoms with van der Waals surface area (Å²) in [6, 6.07) is 7.58. The smallest absolute Gasteiger partial charge is 0.309 e. The molecule has 0 aliphatic heterocycles. The van der Waals surface area contributed by atoms with Crippen molar-refractivity contribution in [2.75, 3.05) is 13.2 Å². The number of benzene rings is 1. The zero-order chi connectivity index (χ0) is 11.4. The fourth-order valence-electron chi connectivity index (χ4n) is 1.30. The molecule has 1 aromatic rings. The molecule has 1 aliphatic rings. The third-order valence-electron chi connectivity index (χ3n) is 2.30. The molecule has 1 fully saturated rings. The van der Waals surface area contributed by atoms with Gasteiger partial charge in [0.2, 0.25) is 0 Å². The van der Waals surface area contributed by atoms with Crippen LogP contribution in [0.3, 0.4) is 0 Å². The van der Waals surface area contributed by atoms with E-state index in [1.165, 1.54) is 0 Å². The molecular formula is C12H13BrO3. The first-order chi connectivity index (χ1) is 7.75. The van der Waals surface area contributed by atoms with Crippen molar-refractivity contribution >= 4 is 21.9 Å². The molecule has 2 rings (SSSR count). The van der Waals surface area contributed by atoms with Crippen molar-refractivity contribution < 1.29 is 14.3 Å². The number of hydrogen-bond donors (Lipinski definition) is 0. The monoisotopic (exact) mass is 284 g/mol. The van der Waals surface area contributed by atoms with Crippen molar-refractivity contribution in [1.82, 2.24) is 0 Å². The van der Waals surface area contributed by atoms with Crippen LogP contribution >= 0.6 is 15.9 Å².